The zero-order valence-corrected chi connectivity index (χ0v) is 8.86. The summed E-state index contributed by atoms with van der Waals surface area (Å²) in [5.41, 5.74) is 1.18. The van der Waals surface area contributed by atoms with Crippen LogP contribution in [0.1, 0.15) is 0 Å². The van der Waals surface area contributed by atoms with Crippen molar-refractivity contribution in [3.63, 3.8) is 0 Å². The lowest BCUT2D eigenvalue weighted by Crippen LogP contribution is -2.28. The van der Waals surface area contributed by atoms with E-state index in [1.807, 2.05) is 0 Å². The fourth-order valence-corrected chi connectivity index (χ4v) is 1.26. The quantitative estimate of drug-likeness (QED) is 0.840. The molecule has 1 aromatic heterocycles. The van der Waals surface area contributed by atoms with Gasteiger partial charge in [-0.1, -0.05) is 30.3 Å². The molecule has 0 saturated carbocycles. The van der Waals surface area contributed by atoms with Crippen LogP contribution in [-0.2, 0) is 4.79 Å². The minimum atomic E-state index is -5.04. The number of aromatic nitrogens is 2. The maximum atomic E-state index is 11.9. The van der Waals surface area contributed by atoms with Crippen LogP contribution in [0.2, 0.25) is 0 Å². The molecule has 0 spiro atoms. The standard InChI is InChI=1S/C11H7F3N2O2/c12-11(13,14)9(17)18-10-15-6-8(16-10)7-4-2-1-3-5-7/h1-6H,(H,15,16). The summed E-state index contributed by atoms with van der Waals surface area (Å²) in [5.74, 6) is -2.31. The number of nitrogens with zero attached hydrogens (tertiary/aromatic N) is 1. The molecule has 0 bridgehead atoms. The van der Waals surface area contributed by atoms with Gasteiger partial charge in [-0.2, -0.15) is 13.2 Å². The van der Waals surface area contributed by atoms with Gasteiger partial charge in [0.05, 0.1) is 11.9 Å². The van der Waals surface area contributed by atoms with E-state index in [9.17, 15) is 18.0 Å². The molecule has 0 unspecified atom stereocenters. The number of imidazole rings is 1. The largest absolute Gasteiger partial charge is 0.491 e. The first-order valence-corrected chi connectivity index (χ1v) is 4.86. The van der Waals surface area contributed by atoms with Crippen molar-refractivity contribution in [3.05, 3.63) is 36.5 Å². The third-order valence-corrected chi connectivity index (χ3v) is 2.06. The summed E-state index contributed by atoms with van der Waals surface area (Å²) in [6.45, 7) is 0. The summed E-state index contributed by atoms with van der Waals surface area (Å²) in [7, 11) is 0. The fraction of sp³-hybridized carbons (Fsp3) is 0.0909. The van der Waals surface area contributed by atoms with Crippen LogP contribution in [-0.4, -0.2) is 22.1 Å². The Kier molecular flexibility index (Phi) is 3.05. The van der Waals surface area contributed by atoms with Gasteiger partial charge in [-0.25, -0.2) is 9.78 Å². The lowest BCUT2D eigenvalue weighted by atomic mass is 10.2. The highest BCUT2D eigenvalue weighted by Crippen LogP contribution is 2.21. The monoisotopic (exact) mass is 256 g/mol. The summed E-state index contributed by atoms with van der Waals surface area (Å²) in [6, 6.07) is 8.31. The molecule has 0 saturated heterocycles. The van der Waals surface area contributed by atoms with Crippen LogP contribution in [0.5, 0.6) is 6.01 Å². The van der Waals surface area contributed by atoms with Gasteiger partial charge in [0.1, 0.15) is 0 Å². The van der Waals surface area contributed by atoms with E-state index in [1.54, 1.807) is 30.3 Å². The number of carbonyl (C=O) groups is 1. The number of carbonyl (C=O) groups excluding carboxylic acids is 1. The molecule has 7 heteroatoms. The van der Waals surface area contributed by atoms with Crippen LogP contribution < -0.4 is 4.74 Å². The number of hydrogen-bond donors (Lipinski definition) is 1. The number of aromatic amines is 1. The lowest BCUT2D eigenvalue weighted by Gasteiger charge is -2.03. The van der Waals surface area contributed by atoms with E-state index >= 15 is 0 Å². The Hall–Kier alpha value is -2.31. The van der Waals surface area contributed by atoms with E-state index in [0.717, 1.165) is 5.56 Å². The van der Waals surface area contributed by atoms with Crippen molar-refractivity contribution < 1.29 is 22.7 Å². The minimum absolute atomic E-state index is 0.459. The molecular formula is C11H7F3N2O2. The van der Waals surface area contributed by atoms with Gasteiger partial charge in [0, 0.05) is 0 Å². The van der Waals surface area contributed by atoms with Crippen LogP contribution in [0, 0.1) is 0 Å². The van der Waals surface area contributed by atoms with Crippen LogP contribution >= 0.6 is 0 Å². The van der Waals surface area contributed by atoms with Crippen molar-refractivity contribution in [1.29, 1.82) is 0 Å². The van der Waals surface area contributed by atoms with E-state index in [4.69, 9.17) is 0 Å². The van der Waals surface area contributed by atoms with Gasteiger partial charge >= 0.3 is 18.2 Å². The maximum absolute atomic E-state index is 11.9. The average Bonchev–Trinajstić information content (AvgIpc) is 2.77. The minimum Gasteiger partial charge on any atom is -0.385 e. The molecule has 0 amide bonds. The molecule has 0 radical (unpaired) electrons. The van der Waals surface area contributed by atoms with Gasteiger partial charge in [-0.05, 0) is 5.56 Å². The van der Waals surface area contributed by atoms with Gasteiger partial charge in [0.2, 0.25) is 0 Å². The number of benzene rings is 1. The Bertz CT molecular complexity index is 549. The predicted molar refractivity (Wildman–Crippen MR) is 55.7 cm³/mol. The second-order valence-electron chi connectivity index (χ2n) is 3.36. The highest BCUT2D eigenvalue weighted by Gasteiger charge is 2.41. The van der Waals surface area contributed by atoms with Gasteiger partial charge in [-0.3, -0.25) is 0 Å². The summed E-state index contributed by atoms with van der Waals surface area (Å²) in [5, 5.41) is 0. The van der Waals surface area contributed by atoms with E-state index in [-0.39, 0.29) is 0 Å². The van der Waals surface area contributed by atoms with Crippen molar-refractivity contribution in [2.45, 2.75) is 6.18 Å². The number of nitrogens with one attached hydrogen (secondary N) is 1. The van der Waals surface area contributed by atoms with Gasteiger partial charge in [-0.15, -0.1) is 0 Å². The van der Waals surface area contributed by atoms with Crippen molar-refractivity contribution in [2.24, 2.45) is 0 Å². The summed E-state index contributed by atoms with van der Waals surface area (Å²) in [4.78, 5) is 16.6. The molecule has 18 heavy (non-hydrogen) atoms. The molecule has 1 aromatic carbocycles. The Balaban J connectivity index is 2.15. The number of ether oxygens (including phenoxy) is 1. The molecule has 1 heterocycles. The molecule has 4 nitrogen and oxygen atoms in total. The molecule has 0 atom stereocenters. The van der Waals surface area contributed by atoms with Crippen LogP contribution in [0.15, 0.2) is 36.5 Å². The van der Waals surface area contributed by atoms with Gasteiger partial charge in [0.25, 0.3) is 0 Å². The fourth-order valence-electron chi connectivity index (χ4n) is 1.26. The molecule has 94 valence electrons. The third kappa shape index (κ3) is 2.68. The van der Waals surface area contributed by atoms with Crippen molar-refractivity contribution in [2.75, 3.05) is 0 Å². The summed E-state index contributed by atoms with van der Waals surface area (Å²) in [6.07, 6.45) is -3.76. The average molecular weight is 256 g/mol. The Morgan fingerprint density at radius 1 is 1.22 bits per heavy atom. The molecule has 2 rings (SSSR count). The molecule has 0 fully saturated rings. The maximum Gasteiger partial charge on any atom is 0.491 e. The molecule has 0 aliphatic carbocycles. The van der Waals surface area contributed by atoms with Crippen molar-refractivity contribution in [3.8, 4) is 17.3 Å². The molecule has 0 aliphatic rings. The Labute approximate surface area is 99.4 Å². The number of halogens is 3. The molecule has 1 N–H and O–H groups in total. The van der Waals surface area contributed by atoms with Crippen LogP contribution in [0.3, 0.4) is 0 Å². The number of rotatable bonds is 2. The van der Waals surface area contributed by atoms with Gasteiger partial charge < -0.3 is 9.72 Å². The van der Waals surface area contributed by atoms with E-state index < -0.39 is 18.2 Å². The molecular weight excluding hydrogens is 249 g/mol. The van der Waals surface area contributed by atoms with E-state index in [1.165, 1.54) is 6.20 Å². The Morgan fingerprint density at radius 2 is 1.89 bits per heavy atom. The zero-order chi connectivity index (χ0) is 13.2. The van der Waals surface area contributed by atoms with E-state index in [2.05, 4.69) is 14.7 Å². The van der Waals surface area contributed by atoms with Crippen LogP contribution in [0.4, 0.5) is 13.2 Å². The smallest absolute Gasteiger partial charge is 0.385 e. The first kappa shape index (κ1) is 12.2. The highest BCUT2D eigenvalue weighted by molar-refractivity contribution is 5.77. The number of esters is 1. The van der Waals surface area contributed by atoms with Gasteiger partial charge in [0.15, 0.2) is 0 Å². The van der Waals surface area contributed by atoms with E-state index in [0.29, 0.717) is 5.69 Å². The predicted octanol–water partition coefficient (Wildman–Crippen LogP) is 2.54. The first-order chi connectivity index (χ1) is 8.47. The second-order valence-corrected chi connectivity index (χ2v) is 3.36. The third-order valence-electron chi connectivity index (χ3n) is 2.06. The number of hydrogen-bond acceptors (Lipinski definition) is 3. The second kappa shape index (κ2) is 4.52. The number of alkyl halides is 3. The highest BCUT2D eigenvalue weighted by atomic mass is 19.4. The molecule has 2 aromatic rings. The topological polar surface area (TPSA) is 55.0 Å². The Morgan fingerprint density at radius 3 is 2.50 bits per heavy atom. The van der Waals surface area contributed by atoms with Crippen LogP contribution in [0.25, 0.3) is 11.3 Å². The lowest BCUT2D eigenvalue weighted by molar-refractivity contribution is -0.190. The van der Waals surface area contributed by atoms with Crippen molar-refractivity contribution >= 4 is 5.97 Å². The normalized spacial score (nSPS) is 11.3. The SMILES string of the molecule is O=C(Oc1ncc(-c2ccccc2)[nH]1)C(F)(F)F. The molecule has 0 aliphatic heterocycles. The summed E-state index contributed by atoms with van der Waals surface area (Å²) < 4.78 is 39.9. The first-order valence-electron chi connectivity index (χ1n) is 4.86. The number of H-pyrrole nitrogens is 1. The summed E-state index contributed by atoms with van der Waals surface area (Å²) >= 11 is 0. The van der Waals surface area contributed by atoms with Crippen molar-refractivity contribution in [1.82, 2.24) is 9.97 Å². The zero-order valence-electron chi connectivity index (χ0n) is 8.86.